The fourth-order valence-electron chi connectivity index (χ4n) is 2.49. The van der Waals surface area contributed by atoms with Crippen molar-refractivity contribution in [2.45, 2.75) is 47.3 Å². The van der Waals surface area contributed by atoms with Gasteiger partial charge in [-0.2, -0.15) is 5.10 Å². The van der Waals surface area contributed by atoms with Crippen molar-refractivity contribution in [3.8, 4) is 0 Å². The second kappa shape index (κ2) is 8.22. The summed E-state index contributed by atoms with van der Waals surface area (Å²) >= 11 is 4.37. The number of halogens is 1. The number of rotatable bonds is 6. The smallest absolute Gasteiger partial charge is 0.341 e. The van der Waals surface area contributed by atoms with E-state index in [9.17, 15) is 14.4 Å². The molecule has 0 spiro atoms. The van der Waals surface area contributed by atoms with Crippen LogP contribution in [0.5, 0.6) is 0 Å². The average Bonchev–Trinajstić information content (AvgIpc) is 2.99. The molecule has 0 atom stereocenters. The zero-order chi connectivity index (χ0) is 20.5. The standard InChI is InChI=1S/C17H21BrN4O4S/c1-7(2)26-17(25)12-8(3)14(15(19)24)27-16(12)20-11(23)6-22-10(5)13(18)9(4)21-22/h7H,6H2,1-5H3,(H2,19,24)(H,20,23). The molecule has 0 saturated heterocycles. The Bertz CT molecular complexity index is 917. The predicted octanol–water partition coefficient (Wildman–Crippen LogP) is 2.94. The molecule has 10 heteroatoms. The fraction of sp³-hybridized carbons (Fsp3) is 0.412. The van der Waals surface area contributed by atoms with Gasteiger partial charge >= 0.3 is 5.97 Å². The van der Waals surface area contributed by atoms with E-state index < -0.39 is 11.9 Å². The molecule has 0 aliphatic carbocycles. The van der Waals surface area contributed by atoms with E-state index in [1.807, 2.05) is 13.8 Å². The molecule has 27 heavy (non-hydrogen) atoms. The lowest BCUT2D eigenvalue weighted by Gasteiger charge is -2.10. The first kappa shape index (κ1) is 21.1. The van der Waals surface area contributed by atoms with Gasteiger partial charge in [0.2, 0.25) is 5.91 Å². The van der Waals surface area contributed by atoms with Crippen LogP contribution in [-0.4, -0.2) is 33.7 Å². The Balaban J connectivity index is 2.32. The Kier molecular flexibility index (Phi) is 6.42. The Hall–Kier alpha value is -2.20. The van der Waals surface area contributed by atoms with E-state index in [0.717, 1.165) is 27.2 Å². The lowest BCUT2D eigenvalue weighted by Crippen LogP contribution is -2.21. The van der Waals surface area contributed by atoms with Crippen molar-refractivity contribution in [2.75, 3.05) is 5.32 Å². The molecule has 0 aromatic carbocycles. The van der Waals surface area contributed by atoms with Gasteiger partial charge in [-0.05, 0) is 56.1 Å². The van der Waals surface area contributed by atoms with Gasteiger partial charge in [0, 0.05) is 0 Å². The highest BCUT2D eigenvalue weighted by Crippen LogP contribution is 2.33. The minimum Gasteiger partial charge on any atom is -0.459 e. The fourth-order valence-corrected chi connectivity index (χ4v) is 3.83. The summed E-state index contributed by atoms with van der Waals surface area (Å²) in [6.45, 7) is 8.65. The van der Waals surface area contributed by atoms with Crippen LogP contribution in [0.4, 0.5) is 5.00 Å². The molecule has 0 unspecified atom stereocenters. The summed E-state index contributed by atoms with van der Waals surface area (Å²) in [5.41, 5.74) is 7.49. The molecule has 2 amide bonds. The van der Waals surface area contributed by atoms with Crippen molar-refractivity contribution in [2.24, 2.45) is 5.73 Å². The summed E-state index contributed by atoms with van der Waals surface area (Å²) in [7, 11) is 0. The number of carbonyl (C=O) groups excluding carboxylic acids is 3. The number of carbonyl (C=O) groups is 3. The minimum absolute atomic E-state index is 0.0419. The van der Waals surface area contributed by atoms with Crippen LogP contribution in [0, 0.1) is 20.8 Å². The molecule has 0 saturated carbocycles. The largest absolute Gasteiger partial charge is 0.459 e. The van der Waals surface area contributed by atoms with Crippen LogP contribution in [-0.2, 0) is 16.1 Å². The van der Waals surface area contributed by atoms with Gasteiger partial charge in [0.1, 0.15) is 11.5 Å². The van der Waals surface area contributed by atoms with Crippen molar-refractivity contribution < 1.29 is 19.1 Å². The SMILES string of the molecule is Cc1nn(CC(=O)Nc2sc(C(N)=O)c(C)c2C(=O)OC(C)C)c(C)c1Br. The number of primary amides is 1. The summed E-state index contributed by atoms with van der Waals surface area (Å²) in [4.78, 5) is 36.8. The number of aromatic nitrogens is 2. The highest BCUT2D eigenvalue weighted by molar-refractivity contribution is 9.10. The van der Waals surface area contributed by atoms with Crippen molar-refractivity contribution in [3.05, 3.63) is 31.9 Å². The number of anilines is 1. The lowest BCUT2D eigenvalue weighted by atomic mass is 10.1. The first-order valence-electron chi connectivity index (χ1n) is 8.16. The molecule has 2 heterocycles. The summed E-state index contributed by atoms with van der Waals surface area (Å²) in [6.07, 6.45) is -0.343. The third-order valence-corrected chi connectivity index (χ3v) is 6.13. The third-order valence-electron chi connectivity index (χ3n) is 3.76. The molecule has 0 radical (unpaired) electrons. The van der Waals surface area contributed by atoms with Crippen molar-refractivity contribution >= 4 is 50.1 Å². The Morgan fingerprint density at radius 1 is 1.30 bits per heavy atom. The van der Waals surface area contributed by atoms with E-state index in [1.165, 1.54) is 0 Å². The molecular formula is C17H21BrN4O4S. The monoisotopic (exact) mass is 456 g/mol. The number of ether oxygens (including phenoxy) is 1. The van der Waals surface area contributed by atoms with E-state index in [0.29, 0.717) is 5.56 Å². The van der Waals surface area contributed by atoms with Crippen LogP contribution in [0.2, 0.25) is 0 Å². The average molecular weight is 457 g/mol. The molecule has 0 bridgehead atoms. The van der Waals surface area contributed by atoms with E-state index >= 15 is 0 Å². The van der Waals surface area contributed by atoms with Crippen LogP contribution in [0.3, 0.4) is 0 Å². The lowest BCUT2D eigenvalue weighted by molar-refractivity contribution is -0.116. The van der Waals surface area contributed by atoms with Gasteiger partial charge in [-0.25, -0.2) is 4.79 Å². The quantitative estimate of drug-likeness (QED) is 0.647. The molecule has 8 nitrogen and oxygen atoms in total. The zero-order valence-corrected chi connectivity index (χ0v) is 18.1. The summed E-state index contributed by atoms with van der Waals surface area (Å²) in [5.74, 6) is -1.67. The molecular weight excluding hydrogens is 436 g/mol. The van der Waals surface area contributed by atoms with E-state index in [2.05, 4.69) is 26.3 Å². The minimum atomic E-state index is -0.668. The molecule has 3 N–H and O–H groups in total. The molecule has 2 aromatic rings. The van der Waals surface area contributed by atoms with Gasteiger partial charge in [0.05, 0.1) is 32.4 Å². The number of nitrogens with one attached hydrogen (secondary N) is 1. The third kappa shape index (κ3) is 4.56. The molecule has 0 fully saturated rings. The maximum absolute atomic E-state index is 12.5. The number of thiophene rings is 1. The van der Waals surface area contributed by atoms with E-state index in [4.69, 9.17) is 10.5 Å². The van der Waals surface area contributed by atoms with E-state index in [-0.39, 0.29) is 34.0 Å². The number of aryl methyl sites for hydroxylation is 1. The zero-order valence-electron chi connectivity index (χ0n) is 15.7. The van der Waals surface area contributed by atoms with Gasteiger partial charge in [0.25, 0.3) is 5.91 Å². The van der Waals surface area contributed by atoms with Gasteiger partial charge in [-0.1, -0.05) is 0 Å². The molecule has 146 valence electrons. The summed E-state index contributed by atoms with van der Waals surface area (Å²) < 4.78 is 7.61. The van der Waals surface area contributed by atoms with Gasteiger partial charge in [-0.15, -0.1) is 11.3 Å². The van der Waals surface area contributed by atoms with Crippen molar-refractivity contribution in [1.82, 2.24) is 9.78 Å². The molecule has 2 aromatic heterocycles. The molecule has 0 aliphatic heterocycles. The van der Waals surface area contributed by atoms with Crippen molar-refractivity contribution in [1.29, 1.82) is 0 Å². The van der Waals surface area contributed by atoms with Crippen LogP contribution in [0.1, 0.15) is 50.8 Å². The number of nitrogens with two attached hydrogens (primary N) is 1. The van der Waals surface area contributed by atoms with Crippen LogP contribution < -0.4 is 11.1 Å². The van der Waals surface area contributed by atoms with Gasteiger partial charge < -0.3 is 15.8 Å². The number of amides is 2. The normalized spacial score (nSPS) is 10.9. The maximum atomic E-state index is 12.5. The van der Waals surface area contributed by atoms with E-state index in [1.54, 1.807) is 25.5 Å². The second-order valence-corrected chi connectivity index (χ2v) is 8.08. The predicted molar refractivity (Wildman–Crippen MR) is 106 cm³/mol. The van der Waals surface area contributed by atoms with Crippen LogP contribution in [0.25, 0.3) is 0 Å². The Morgan fingerprint density at radius 2 is 1.93 bits per heavy atom. The van der Waals surface area contributed by atoms with Gasteiger partial charge in [0.15, 0.2) is 0 Å². The number of hydrogen-bond acceptors (Lipinski definition) is 6. The number of esters is 1. The summed E-state index contributed by atoms with van der Waals surface area (Å²) in [6, 6.07) is 0. The first-order chi connectivity index (χ1) is 12.5. The van der Waals surface area contributed by atoms with Crippen LogP contribution >= 0.6 is 27.3 Å². The highest BCUT2D eigenvalue weighted by Gasteiger charge is 2.26. The Morgan fingerprint density at radius 3 is 2.41 bits per heavy atom. The van der Waals surface area contributed by atoms with Gasteiger partial charge in [-0.3, -0.25) is 14.3 Å². The molecule has 2 rings (SSSR count). The molecule has 0 aliphatic rings. The topological polar surface area (TPSA) is 116 Å². The number of nitrogens with zero attached hydrogens (tertiary/aromatic N) is 2. The highest BCUT2D eigenvalue weighted by atomic mass is 79.9. The first-order valence-corrected chi connectivity index (χ1v) is 9.77. The summed E-state index contributed by atoms with van der Waals surface area (Å²) in [5, 5.41) is 7.20. The Labute approximate surface area is 169 Å². The van der Waals surface area contributed by atoms with Crippen LogP contribution in [0.15, 0.2) is 4.47 Å². The van der Waals surface area contributed by atoms with Crippen molar-refractivity contribution in [3.63, 3.8) is 0 Å². The number of hydrogen-bond donors (Lipinski definition) is 2. The maximum Gasteiger partial charge on any atom is 0.341 e. The second-order valence-electron chi connectivity index (χ2n) is 6.27.